The first-order valence-electron chi connectivity index (χ1n) is 10.9. The normalized spacial score (nSPS) is 15.6. The molecule has 0 spiro atoms. The van der Waals surface area contributed by atoms with Crippen LogP contribution in [0.15, 0.2) is 42.6 Å². The van der Waals surface area contributed by atoms with Crippen LogP contribution in [0.3, 0.4) is 0 Å². The molecule has 1 saturated heterocycles. The highest BCUT2D eigenvalue weighted by molar-refractivity contribution is 7.89. The van der Waals surface area contributed by atoms with Crippen LogP contribution in [0.4, 0.5) is 0 Å². The predicted molar refractivity (Wildman–Crippen MR) is 128 cm³/mol. The van der Waals surface area contributed by atoms with Crippen LogP contribution >= 0.6 is 23.2 Å². The van der Waals surface area contributed by atoms with E-state index in [1.165, 1.54) is 4.31 Å². The molecule has 3 rings (SSSR count). The van der Waals surface area contributed by atoms with Gasteiger partial charge in [0.1, 0.15) is 0 Å². The zero-order valence-electron chi connectivity index (χ0n) is 18.2. The zero-order chi connectivity index (χ0) is 23.1. The molecule has 1 amide bonds. The first-order chi connectivity index (χ1) is 15.3. The van der Waals surface area contributed by atoms with E-state index in [2.05, 4.69) is 4.98 Å². The number of aromatic nitrogens is 1. The lowest BCUT2D eigenvalue weighted by Gasteiger charge is -2.33. The van der Waals surface area contributed by atoms with Gasteiger partial charge in [-0.05, 0) is 49.1 Å². The van der Waals surface area contributed by atoms with E-state index in [0.717, 1.165) is 17.7 Å². The second-order valence-corrected chi connectivity index (χ2v) is 11.0. The molecule has 0 aliphatic carbocycles. The summed E-state index contributed by atoms with van der Waals surface area (Å²) in [5.41, 5.74) is 1.67. The number of nitrogens with zero attached hydrogens (tertiary/aromatic N) is 3. The van der Waals surface area contributed by atoms with Crippen molar-refractivity contribution in [2.45, 2.75) is 45.7 Å². The summed E-state index contributed by atoms with van der Waals surface area (Å²) in [6.45, 7) is 3.49. The van der Waals surface area contributed by atoms with Crippen molar-refractivity contribution in [3.05, 3.63) is 63.9 Å². The Bertz CT molecular complexity index is 1010. The lowest BCUT2D eigenvalue weighted by molar-refractivity contribution is -0.138. The Morgan fingerprint density at radius 1 is 1.12 bits per heavy atom. The van der Waals surface area contributed by atoms with Crippen molar-refractivity contribution in [1.29, 1.82) is 0 Å². The van der Waals surface area contributed by atoms with Gasteiger partial charge in [0, 0.05) is 31.7 Å². The zero-order valence-corrected chi connectivity index (χ0v) is 20.5. The molecule has 2 heterocycles. The van der Waals surface area contributed by atoms with Gasteiger partial charge >= 0.3 is 0 Å². The van der Waals surface area contributed by atoms with Crippen molar-refractivity contribution >= 4 is 39.1 Å². The van der Waals surface area contributed by atoms with Gasteiger partial charge in [-0.3, -0.25) is 9.78 Å². The fourth-order valence-corrected chi connectivity index (χ4v) is 5.85. The fourth-order valence-electron chi connectivity index (χ4n) is 3.85. The van der Waals surface area contributed by atoms with Gasteiger partial charge in [0.15, 0.2) is 0 Å². The smallest absolute Gasteiger partial charge is 0.226 e. The maximum Gasteiger partial charge on any atom is 0.226 e. The van der Waals surface area contributed by atoms with Crippen molar-refractivity contribution in [2.24, 2.45) is 5.92 Å². The highest BCUT2D eigenvalue weighted by Crippen LogP contribution is 2.26. The summed E-state index contributed by atoms with van der Waals surface area (Å²) in [5, 5.41) is 0.912. The first kappa shape index (κ1) is 25.0. The number of rotatable bonds is 9. The van der Waals surface area contributed by atoms with Crippen LogP contribution in [0.1, 0.15) is 43.9 Å². The molecule has 9 heteroatoms. The van der Waals surface area contributed by atoms with E-state index in [9.17, 15) is 13.2 Å². The van der Waals surface area contributed by atoms with Crippen molar-refractivity contribution in [3.63, 3.8) is 0 Å². The van der Waals surface area contributed by atoms with Crippen LogP contribution < -0.4 is 0 Å². The molecule has 0 radical (unpaired) electrons. The standard InChI is InChI=1S/C23H29Cl2N3O3S/c1-2-3-14-32(30,31)28-12-9-19(10-13-28)23(29)27(17-20-6-4-5-11-26-20)16-18-7-8-21(24)22(25)15-18/h4-8,11,15,19H,2-3,9-10,12-14,16-17H2,1H3. The summed E-state index contributed by atoms with van der Waals surface area (Å²) >= 11 is 12.2. The molecule has 174 valence electrons. The van der Waals surface area contributed by atoms with Crippen LogP contribution in [0.5, 0.6) is 0 Å². The van der Waals surface area contributed by atoms with Crippen molar-refractivity contribution in [1.82, 2.24) is 14.2 Å². The first-order valence-corrected chi connectivity index (χ1v) is 13.3. The number of unbranched alkanes of at least 4 members (excludes halogenated alkanes) is 1. The van der Waals surface area contributed by atoms with Gasteiger partial charge in [0.2, 0.25) is 15.9 Å². The summed E-state index contributed by atoms with van der Waals surface area (Å²) in [6, 6.07) is 11.0. The lowest BCUT2D eigenvalue weighted by atomic mass is 9.96. The van der Waals surface area contributed by atoms with Crippen LogP contribution in [-0.2, 0) is 27.9 Å². The van der Waals surface area contributed by atoms with E-state index in [-0.39, 0.29) is 17.6 Å². The molecule has 0 bridgehead atoms. The maximum absolute atomic E-state index is 13.5. The minimum atomic E-state index is -3.25. The highest BCUT2D eigenvalue weighted by atomic mass is 35.5. The Labute approximate surface area is 200 Å². The number of benzene rings is 1. The number of carbonyl (C=O) groups excluding carboxylic acids is 1. The van der Waals surface area contributed by atoms with Gasteiger partial charge in [0.25, 0.3) is 0 Å². The third-order valence-corrected chi connectivity index (χ3v) is 8.40. The van der Waals surface area contributed by atoms with E-state index >= 15 is 0 Å². The van der Waals surface area contributed by atoms with Crippen LogP contribution in [0, 0.1) is 5.92 Å². The largest absolute Gasteiger partial charge is 0.332 e. The second-order valence-electron chi connectivity index (χ2n) is 8.11. The van der Waals surface area contributed by atoms with E-state index in [0.29, 0.717) is 55.5 Å². The molecule has 0 unspecified atom stereocenters. The molecule has 1 fully saturated rings. The molecule has 1 aromatic heterocycles. The minimum Gasteiger partial charge on any atom is -0.332 e. The molecule has 1 aliphatic heterocycles. The number of carbonyl (C=O) groups is 1. The summed E-state index contributed by atoms with van der Waals surface area (Å²) < 4.78 is 26.5. The Hall–Kier alpha value is -1.67. The van der Waals surface area contributed by atoms with Crippen LogP contribution in [-0.4, -0.2) is 47.4 Å². The van der Waals surface area contributed by atoms with E-state index in [1.54, 1.807) is 23.2 Å². The van der Waals surface area contributed by atoms with Crippen molar-refractivity contribution in [2.75, 3.05) is 18.8 Å². The number of sulfonamides is 1. The lowest BCUT2D eigenvalue weighted by Crippen LogP contribution is -2.44. The van der Waals surface area contributed by atoms with E-state index in [4.69, 9.17) is 23.2 Å². The molecule has 2 aromatic rings. The van der Waals surface area contributed by atoms with Crippen LogP contribution in [0.2, 0.25) is 10.0 Å². The van der Waals surface area contributed by atoms with Crippen LogP contribution in [0.25, 0.3) is 0 Å². The molecule has 32 heavy (non-hydrogen) atoms. The number of hydrogen-bond donors (Lipinski definition) is 0. The van der Waals surface area contributed by atoms with E-state index in [1.807, 2.05) is 31.2 Å². The maximum atomic E-state index is 13.5. The van der Waals surface area contributed by atoms with Gasteiger partial charge in [-0.1, -0.05) is 48.7 Å². The average Bonchev–Trinajstić information content (AvgIpc) is 2.80. The molecular weight excluding hydrogens is 469 g/mol. The summed E-state index contributed by atoms with van der Waals surface area (Å²) in [7, 11) is -3.25. The molecule has 1 aromatic carbocycles. The monoisotopic (exact) mass is 497 g/mol. The summed E-state index contributed by atoms with van der Waals surface area (Å²) in [4.78, 5) is 19.6. The molecule has 0 N–H and O–H groups in total. The third kappa shape index (κ3) is 6.67. The fraction of sp³-hybridized carbons (Fsp3) is 0.478. The van der Waals surface area contributed by atoms with Gasteiger partial charge in [0.05, 0.1) is 28.0 Å². The molecule has 0 atom stereocenters. The van der Waals surface area contributed by atoms with Gasteiger partial charge in [-0.2, -0.15) is 0 Å². The Morgan fingerprint density at radius 3 is 2.50 bits per heavy atom. The molecular formula is C23H29Cl2N3O3S. The second kappa shape index (κ2) is 11.5. The quantitative estimate of drug-likeness (QED) is 0.500. The predicted octanol–water partition coefficient (Wildman–Crippen LogP) is 4.76. The van der Waals surface area contributed by atoms with E-state index < -0.39 is 10.0 Å². The van der Waals surface area contributed by atoms with Gasteiger partial charge in [-0.15, -0.1) is 0 Å². The Morgan fingerprint density at radius 2 is 1.88 bits per heavy atom. The summed E-state index contributed by atoms with van der Waals surface area (Å²) in [5.74, 6) is -0.0444. The van der Waals surface area contributed by atoms with Crippen molar-refractivity contribution < 1.29 is 13.2 Å². The molecule has 0 saturated carbocycles. The summed E-state index contributed by atoms with van der Waals surface area (Å²) in [6.07, 6.45) is 4.24. The number of piperidine rings is 1. The number of halogens is 2. The third-order valence-electron chi connectivity index (χ3n) is 5.70. The topological polar surface area (TPSA) is 70.6 Å². The van der Waals surface area contributed by atoms with Gasteiger partial charge in [-0.25, -0.2) is 12.7 Å². The van der Waals surface area contributed by atoms with Crippen molar-refractivity contribution in [3.8, 4) is 0 Å². The molecule has 1 aliphatic rings. The Balaban J connectivity index is 1.71. The van der Waals surface area contributed by atoms with Gasteiger partial charge < -0.3 is 4.90 Å². The highest BCUT2D eigenvalue weighted by Gasteiger charge is 2.33. The SMILES string of the molecule is CCCCS(=O)(=O)N1CCC(C(=O)N(Cc2ccc(Cl)c(Cl)c2)Cc2ccccn2)CC1. The Kier molecular flexibility index (Phi) is 8.94. The number of pyridine rings is 1. The number of hydrogen-bond acceptors (Lipinski definition) is 4. The minimum absolute atomic E-state index is 0.00679. The number of amides is 1. The molecule has 6 nitrogen and oxygen atoms in total. The average molecular weight is 498 g/mol.